The van der Waals surface area contributed by atoms with E-state index < -0.39 is 12.1 Å². The molecule has 0 spiro atoms. The SMILES string of the molecule is COC(=O)[C@H]1CCCN1C(=O)[C@H]1CCCN1C(=O)C(C)C. The highest BCUT2D eigenvalue weighted by molar-refractivity contribution is 5.92. The Morgan fingerprint density at radius 3 is 2.14 bits per heavy atom. The van der Waals surface area contributed by atoms with E-state index in [9.17, 15) is 14.4 Å². The summed E-state index contributed by atoms with van der Waals surface area (Å²) in [5, 5.41) is 0. The minimum Gasteiger partial charge on any atom is -0.467 e. The van der Waals surface area contributed by atoms with Gasteiger partial charge in [0.2, 0.25) is 11.8 Å². The van der Waals surface area contributed by atoms with Gasteiger partial charge in [-0.15, -0.1) is 0 Å². The van der Waals surface area contributed by atoms with Crippen LogP contribution < -0.4 is 0 Å². The molecule has 6 nitrogen and oxygen atoms in total. The number of methoxy groups -OCH3 is 1. The molecule has 2 atom stereocenters. The first kappa shape index (κ1) is 15.8. The first-order chi connectivity index (χ1) is 9.97. The van der Waals surface area contributed by atoms with Crippen molar-refractivity contribution >= 4 is 17.8 Å². The van der Waals surface area contributed by atoms with Crippen LogP contribution in [0.5, 0.6) is 0 Å². The molecule has 21 heavy (non-hydrogen) atoms. The van der Waals surface area contributed by atoms with Crippen LogP contribution in [0.2, 0.25) is 0 Å². The van der Waals surface area contributed by atoms with E-state index in [0.717, 1.165) is 12.8 Å². The largest absolute Gasteiger partial charge is 0.467 e. The second kappa shape index (κ2) is 6.45. The third kappa shape index (κ3) is 3.04. The minimum atomic E-state index is -0.487. The maximum absolute atomic E-state index is 12.7. The zero-order valence-electron chi connectivity index (χ0n) is 13.0. The van der Waals surface area contributed by atoms with Crippen LogP contribution in [0.15, 0.2) is 0 Å². The Balaban J connectivity index is 2.11. The van der Waals surface area contributed by atoms with Gasteiger partial charge >= 0.3 is 5.97 Å². The summed E-state index contributed by atoms with van der Waals surface area (Å²) < 4.78 is 4.78. The van der Waals surface area contributed by atoms with Crippen molar-refractivity contribution < 1.29 is 19.1 Å². The lowest BCUT2D eigenvalue weighted by Crippen LogP contribution is -2.51. The normalized spacial score (nSPS) is 25.5. The first-order valence-corrected chi connectivity index (χ1v) is 7.66. The Hall–Kier alpha value is -1.59. The zero-order valence-corrected chi connectivity index (χ0v) is 13.0. The van der Waals surface area contributed by atoms with Crippen molar-refractivity contribution in [3.05, 3.63) is 0 Å². The lowest BCUT2D eigenvalue weighted by Gasteiger charge is -2.31. The van der Waals surface area contributed by atoms with E-state index in [4.69, 9.17) is 4.74 Å². The number of amides is 2. The highest BCUT2D eigenvalue weighted by Crippen LogP contribution is 2.26. The fraction of sp³-hybridized carbons (Fsp3) is 0.800. The molecule has 0 aromatic heterocycles. The molecule has 0 aromatic carbocycles. The van der Waals surface area contributed by atoms with E-state index in [1.54, 1.807) is 9.80 Å². The molecule has 0 saturated carbocycles. The molecule has 2 aliphatic rings. The van der Waals surface area contributed by atoms with Crippen LogP contribution in [0, 0.1) is 5.92 Å². The van der Waals surface area contributed by atoms with Crippen LogP contribution in [0.1, 0.15) is 39.5 Å². The number of carbonyl (C=O) groups excluding carboxylic acids is 3. The van der Waals surface area contributed by atoms with Crippen LogP contribution in [-0.4, -0.2) is 59.9 Å². The Kier molecular flexibility index (Phi) is 4.85. The van der Waals surface area contributed by atoms with Crippen LogP contribution in [0.3, 0.4) is 0 Å². The standard InChI is InChI=1S/C15H24N2O4/c1-10(2)13(18)16-8-4-6-11(16)14(19)17-9-5-7-12(17)15(20)21-3/h10-12H,4-9H2,1-3H3/t11-,12-/m1/s1. The first-order valence-electron chi connectivity index (χ1n) is 7.66. The van der Waals surface area contributed by atoms with Gasteiger partial charge in [-0.25, -0.2) is 4.79 Å². The summed E-state index contributed by atoms with van der Waals surface area (Å²) in [4.78, 5) is 40.0. The third-order valence-corrected chi connectivity index (χ3v) is 4.32. The van der Waals surface area contributed by atoms with E-state index in [1.165, 1.54) is 7.11 Å². The van der Waals surface area contributed by atoms with Gasteiger partial charge in [-0.05, 0) is 25.7 Å². The van der Waals surface area contributed by atoms with Gasteiger partial charge < -0.3 is 14.5 Å². The van der Waals surface area contributed by atoms with Crippen molar-refractivity contribution in [1.82, 2.24) is 9.80 Å². The van der Waals surface area contributed by atoms with Crippen LogP contribution in [-0.2, 0) is 19.1 Å². The number of ether oxygens (including phenoxy) is 1. The number of esters is 1. The van der Waals surface area contributed by atoms with Crippen molar-refractivity contribution in [3.8, 4) is 0 Å². The number of likely N-dealkylation sites (tertiary alicyclic amines) is 2. The van der Waals surface area contributed by atoms with Crippen LogP contribution >= 0.6 is 0 Å². The smallest absolute Gasteiger partial charge is 0.328 e. The summed E-state index contributed by atoms with van der Waals surface area (Å²) in [6.45, 7) is 4.88. The van der Waals surface area contributed by atoms with Crippen molar-refractivity contribution in [2.45, 2.75) is 51.6 Å². The Morgan fingerprint density at radius 1 is 1.00 bits per heavy atom. The van der Waals surface area contributed by atoms with Gasteiger partial charge in [0, 0.05) is 19.0 Å². The van der Waals surface area contributed by atoms with Gasteiger partial charge in [-0.3, -0.25) is 9.59 Å². The summed E-state index contributed by atoms with van der Waals surface area (Å²) in [5.74, 6) is -0.567. The molecule has 0 unspecified atom stereocenters. The summed E-state index contributed by atoms with van der Waals surface area (Å²) in [7, 11) is 1.34. The molecule has 0 radical (unpaired) electrons. The molecule has 2 fully saturated rings. The lowest BCUT2D eigenvalue weighted by molar-refractivity contribution is -0.154. The second-order valence-electron chi connectivity index (χ2n) is 6.06. The molecule has 2 amide bonds. The molecule has 0 N–H and O–H groups in total. The van der Waals surface area contributed by atoms with Gasteiger partial charge in [0.05, 0.1) is 7.11 Å². The molecule has 0 bridgehead atoms. The lowest BCUT2D eigenvalue weighted by atomic mass is 10.1. The molecule has 0 aromatic rings. The Morgan fingerprint density at radius 2 is 1.57 bits per heavy atom. The molecule has 0 aliphatic carbocycles. The molecule has 2 heterocycles. The Labute approximate surface area is 125 Å². The number of rotatable bonds is 3. The van der Waals surface area contributed by atoms with E-state index in [0.29, 0.717) is 25.9 Å². The highest BCUT2D eigenvalue weighted by Gasteiger charge is 2.42. The topological polar surface area (TPSA) is 66.9 Å². The predicted octanol–water partition coefficient (Wildman–Crippen LogP) is 0.797. The summed E-state index contributed by atoms with van der Waals surface area (Å²) in [5.41, 5.74) is 0. The molecular weight excluding hydrogens is 272 g/mol. The second-order valence-corrected chi connectivity index (χ2v) is 6.06. The highest BCUT2D eigenvalue weighted by atomic mass is 16.5. The molecular formula is C15H24N2O4. The fourth-order valence-corrected chi connectivity index (χ4v) is 3.22. The molecule has 6 heteroatoms. The number of carbonyl (C=O) groups is 3. The average molecular weight is 296 g/mol. The van der Waals surface area contributed by atoms with Crippen molar-refractivity contribution in [3.63, 3.8) is 0 Å². The maximum Gasteiger partial charge on any atom is 0.328 e. The van der Waals surface area contributed by atoms with Gasteiger partial charge in [-0.1, -0.05) is 13.8 Å². The van der Waals surface area contributed by atoms with Crippen LogP contribution in [0.4, 0.5) is 0 Å². The maximum atomic E-state index is 12.7. The van der Waals surface area contributed by atoms with Crippen LogP contribution in [0.25, 0.3) is 0 Å². The minimum absolute atomic E-state index is 0.0136. The number of hydrogen-bond donors (Lipinski definition) is 0. The molecule has 2 rings (SSSR count). The Bertz CT molecular complexity index is 435. The third-order valence-electron chi connectivity index (χ3n) is 4.32. The number of hydrogen-bond acceptors (Lipinski definition) is 4. The fourth-order valence-electron chi connectivity index (χ4n) is 3.22. The summed E-state index contributed by atoms with van der Waals surface area (Å²) in [6, 6.07) is -0.899. The molecule has 2 aliphatic heterocycles. The van der Waals surface area contributed by atoms with E-state index in [-0.39, 0.29) is 23.7 Å². The van der Waals surface area contributed by atoms with Gasteiger partial charge in [0.15, 0.2) is 0 Å². The quantitative estimate of drug-likeness (QED) is 0.722. The van der Waals surface area contributed by atoms with Gasteiger partial charge in [-0.2, -0.15) is 0 Å². The van der Waals surface area contributed by atoms with Crippen molar-refractivity contribution in [1.29, 1.82) is 0 Å². The van der Waals surface area contributed by atoms with E-state index in [1.807, 2.05) is 13.8 Å². The zero-order chi connectivity index (χ0) is 15.6. The van der Waals surface area contributed by atoms with Gasteiger partial charge in [0.25, 0.3) is 0 Å². The predicted molar refractivity (Wildman–Crippen MR) is 76.3 cm³/mol. The summed E-state index contributed by atoms with van der Waals surface area (Å²) in [6.07, 6.45) is 2.97. The number of nitrogens with zero attached hydrogens (tertiary/aromatic N) is 2. The molecule has 2 saturated heterocycles. The van der Waals surface area contributed by atoms with Crippen molar-refractivity contribution in [2.75, 3.05) is 20.2 Å². The monoisotopic (exact) mass is 296 g/mol. The average Bonchev–Trinajstić information content (AvgIpc) is 3.13. The summed E-state index contributed by atoms with van der Waals surface area (Å²) >= 11 is 0. The molecule has 118 valence electrons. The van der Waals surface area contributed by atoms with Crippen molar-refractivity contribution in [2.24, 2.45) is 5.92 Å². The van der Waals surface area contributed by atoms with E-state index in [2.05, 4.69) is 0 Å². The van der Waals surface area contributed by atoms with Gasteiger partial charge in [0.1, 0.15) is 12.1 Å². The van der Waals surface area contributed by atoms with E-state index >= 15 is 0 Å².